The van der Waals surface area contributed by atoms with Gasteiger partial charge in [0.25, 0.3) is 0 Å². The summed E-state index contributed by atoms with van der Waals surface area (Å²) in [5.74, 6) is -0.0415. The fourth-order valence-electron chi connectivity index (χ4n) is 4.79. The van der Waals surface area contributed by atoms with Gasteiger partial charge >= 0.3 is 6.09 Å². The van der Waals surface area contributed by atoms with E-state index in [0.717, 1.165) is 16.8 Å². The Balaban J connectivity index is 1.45. The molecule has 2 heterocycles. The first-order valence-electron chi connectivity index (χ1n) is 12.7. The van der Waals surface area contributed by atoms with Crippen molar-refractivity contribution in [2.24, 2.45) is 5.92 Å². The van der Waals surface area contributed by atoms with Crippen LogP contribution in [0, 0.1) is 5.92 Å². The molecular weight excluding hydrogens is 452 g/mol. The molecule has 1 aliphatic heterocycles. The number of aromatic amines is 1. The van der Waals surface area contributed by atoms with Crippen LogP contribution in [-0.4, -0.2) is 61.2 Å². The first-order valence-corrected chi connectivity index (χ1v) is 12.7. The number of piperidine rings is 1. The lowest BCUT2D eigenvalue weighted by Gasteiger charge is -2.33. The summed E-state index contributed by atoms with van der Waals surface area (Å²) in [5.41, 5.74) is 4.03. The highest BCUT2D eigenvalue weighted by Gasteiger charge is 2.30. The number of nitrogens with one attached hydrogen (secondary N) is 2. The zero-order valence-electron chi connectivity index (χ0n) is 22.0. The number of amides is 2. The average Bonchev–Trinajstić information content (AvgIpc) is 3.27. The van der Waals surface area contributed by atoms with Gasteiger partial charge in [0.05, 0.1) is 0 Å². The number of benzene rings is 2. The number of aromatic nitrogens is 1. The van der Waals surface area contributed by atoms with E-state index in [1.807, 2.05) is 47.0 Å². The maximum Gasteiger partial charge on any atom is 0.410 e. The number of carbonyl (C=O) groups is 2. The molecule has 0 bridgehead atoms. The molecule has 1 saturated heterocycles. The Bertz CT molecular complexity index is 1190. The van der Waals surface area contributed by atoms with E-state index in [2.05, 4.69) is 57.8 Å². The Morgan fingerprint density at radius 2 is 1.75 bits per heavy atom. The quantitative estimate of drug-likeness (QED) is 0.502. The van der Waals surface area contributed by atoms with Gasteiger partial charge in [-0.05, 0) is 62.9 Å². The number of rotatable bonds is 6. The topological polar surface area (TPSA) is 77.7 Å². The normalized spacial score (nSPS) is 15.5. The molecule has 1 fully saturated rings. The van der Waals surface area contributed by atoms with Crippen molar-refractivity contribution in [1.29, 1.82) is 0 Å². The molecule has 0 spiro atoms. The van der Waals surface area contributed by atoms with Crippen molar-refractivity contribution >= 4 is 28.6 Å². The highest BCUT2D eigenvalue weighted by molar-refractivity contribution is 5.84. The van der Waals surface area contributed by atoms with E-state index in [1.165, 1.54) is 10.9 Å². The van der Waals surface area contributed by atoms with Gasteiger partial charge in [0.2, 0.25) is 5.91 Å². The lowest BCUT2D eigenvalue weighted by Crippen LogP contribution is -2.45. The molecule has 2 amide bonds. The number of likely N-dealkylation sites (tertiary alicyclic amines) is 1. The van der Waals surface area contributed by atoms with E-state index in [-0.39, 0.29) is 23.8 Å². The molecule has 0 radical (unpaired) electrons. The zero-order chi connectivity index (χ0) is 25.9. The second-order valence-electron chi connectivity index (χ2n) is 10.8. The third kappa shape index (κ3) is 6.01. The molecule has 0 aliphatic carbocycles. The fourth-order valence-corrected chi connectivity index (χ4v) is 4.79. The third-order valence-electron chi connectivity index (χ3n) is 6.81. The Labute approximate surface area is 213 Å². The molecule has 2 aromatic carbocycles. The maximum atomic E-state index is 13.2. The summed E-state index contributed by atoms with van der Waals surface area (Å²) < 4.78 is 5.48. The Morgan fingerprint density at radius 1 is 1.08 bits per heavy atom. The highest BCUT2D eigenvalue weighted by atomic mass is 16.6. The minimum Gasteiger partial charge on any atom is -0.444 e. The number of fused-ring (bicyclic) bond motifs is 1. The van der Waals surface area contributed by atoms with Crippen LogP contribution in [0.2, 0.25) is 0 Å². The molecule has 2 N–H and O–H groups in total. The summed E-state index contributed by atoms with van der Waals surface area (Å²) in [6.45, 7) is 7.17. The standard InChI is InChI=1S/C29H38N4O3/c1-29(2,3)36-28(35)33-16-14-21(15-17-33)27(34)31-18-24(20-10-12-22(13-11-20)32(4)5)25-19-30-26-9-7-6-8-23(25)26/h6-13,19,21,24,30H,14-18H2,1-5H3,(H,31,34). The number of hydrogen-bond acceptors (Lipinski definition) is 4. The van der Waals surface area contributed by atoms with Crippen molar-refractivity contribution in [3.63, 3.8) is 0 Å². The SMILES string of the molecule is CN(C)c1ccc(C(CNC(=O)C2CCN(C(=O)OC(C)(C)C)CC2)c2c[nH]c3ccccc23)cc1. The maximum absolute atomic E-state index is 13.2. The van der Waals surface area contributed by atoms with E-state index in [9.17, 15) is 9.59 Å². The number of carbonyl (C=O) groups excluding carboxylic acids is 2. The van der Waals surface area contributed by atoms with Crippen LogP contribution in [0.4, 0.5) is 10.5 Å². The van der Waals surface area contributed by atoms with Gasteiger partial charge in [0.1, 0.15) is 5.60 Å². The molecule has 1 aliphatic rings. The molecule has 7 heteroatoms. The number of para-hydroxylation sites is 1. The minimum atomic E-state index is -0.520. The summed E-state index contributed by atoms with van der Waals surface area (Å²) >= 11 is 0. The van der Waals surface area contributed by atoms with Crippen molar-refractivity contribution in [1.82, 2.24) is 15.2 Å². The molecular formula is C29H38N4O3. The molecule has 3 aromatic rings. The van der Waals surface area contributed by atoms with Crippen LogP contribution in [0.25, 0.3) is 10.9 Å². The monoisotopic (exact) mass is 490 g/mol. The van der Waals surface area contributed by atoms with Gasteiger partial charge in [-0.2, -0.15) is 0 Å². The molecule has 4 rings (SSSR count). The molecule has 1 unspecified atom stereocenters. The number of hydrogen-bond donors (Lipinski definition) is 2. The van der Waals surface area contributed by atoms with Gasteiger partial charge in [0, 0.05) is 68.4 Å². The van der Waals surface area contributed by atoms with Crippen molar-refractivity contribution in [2.75, 3.05) is 38.6 Å². The summed E-state index contributed by atoms with van der Waals surface area (Å²) in [6.07, 6.45) is 3.03. The largest absolute Gasteiger partial charge is 0.444 e. The predicted octanol–water partition coefficient (Wildman–Crippen LogP) is 5.13. The van der Waals surface area contributed by atoms with Crippen LogP contribution in [0.5, 0.6) is 0 Å². The fraction of sp³-hybridized carbons (Fsp3) is 0.448. The van der Waals surface area contributed by atoms with Crippen LogP contribution >= 0.6 is 0 Å². The van der Waals surface area contributed by atoms with E-state index in [4.69, 9.17) is 4.74 Å². The average molecular weight is 491 g/mol. The van der Waals surface area contributed by atoms with Gasteiger partial charge < -0.3 is 24.8 Å². The van der Waals surface area contributed by atoms with Crippen molar-refractivity contribution in [3.8, 4) is 0 Å². The zero-order valence-corrected chi connectivity index (χ0v) is 22.0. The van der Waals surface area contributed by atoms with E-state index in [0.29, 0.717) is 32.5 Å². The van der Waals surface area contributed by atoms with Gasteiger partial charge in [0.15, 0.2) is 0 Å². The molecule has 0 saturated carbocycles. The predicted molar refractivity (Wildman–Crippen MR) is 144 cm³/mol. The number of ether oxygens (including phenoxy) is 1. The van der Waals surface area contributed by atoms with Crippen LogP contribution < -0.4 is 10.2 Å². The number of H-pyrrole nitrogens is 1. The van der Waals surface area contributed by atoms with Crippen LogP contribution in [-0.2, 0) is 9.53 Å². The Hall–Kier alpha value is -3.48. The summed E-state index contributed by atoms with van der Waals surface area (Å²) in [6, 6.07) is 16.8. The summed E-state index contributed by atoms with van der Waals surface area (Å²) in [5, 5.41) is 4.39. The van der Waals surface area contributed by atoms with Crippen molar-refractivity contribution in [3.05, 3.63) is 65.9 Å². The molecule has 36 heavy (non-hydrogen) atoms. The first-order chi connectivity index (χ1) is 17.1. The molecule has 1 atom stereocenters. The van der Waals surface area contributed by atoms with Crippen molar-refractivity contribution in [2.45, 2.75) is 45.1 Å². The highest BCUT2D eigenvalue weighted by Crippen LogP contribution is 2.32. The molecule has 1 aromatic heterocycles. The van der Waals surface area contributed by atoms with Gasteiger partial charge in [-0.3, -0.25) is 4.79 Å². The van der Waals surface area contributed by atoms with Gasteiger partial charge in [-0.25, -0.2) is 4.79 Å². The van der Waals surface area contributed by atoms with Crippen LogP contribution in [0.1, 0.15) is 50.7 Å². The second-order valence-corrected chi connectivity index (χ2v) is 10.8. The minimum absolute atomic E-state index is 0.0168. The lowest BCUT2D eigenvalue weighted by atomic mass is 9.90. The summed E-state index contributed by atoms with van der Waals surface area (Å²) in [4.78, 5) is 32.7. The Morgan fingerprint density at radius 3 is 2.39 bits per heavy atom. The van der Waals surface area contributed by atoms with E-state index < -0.39 is 5.60 Å². The van der Waals surface area contributed by atoms with Crippen LogP contribution in [0.15, 0.2) is 54.7 Å². The van der Waals surface area contributed by atoms with Gasteiger partial charge in [-0.15, -0.1) is 0 Å². The van der Waals surface area contributed by atoms with E-state index in [1.54, 1.807) is 4.90 Å². The molecule has 7 nitrogen and oxygen atoms in total. The first kappa shape index (κ1) is 25.6. The number of anilines is 1. The summed E-state index contributed by atoms with van der Waals surface area (Å²) in [7, 11) is 4.06. The molecule has 192 valence electrons. The Kier molecular flexibility index (Phi) is 7.57. The van der Waals surface area contributed by atoms with Gasteiger partial charge in [-0.1, -0.05) is 30.3 Å². The van der Waals surface area contributed by atoms with E-state index >= 15 is 0 Å². The third-order valence-corrected chi connectivity index (χ3v) is 6.81. The second kappa shape index (κ2) is 10.6. The number of nitrogens with zero attached hydrogens (tertiary/aromatic N) is 2. The smallest absolute Gasteiger partial charge is 0.410 e. The van der Waals surface area contributed by atoms with Crippen molar-refractivity contribution < 1.29 is 14.3 Å². The lowest BCUT2D eigenvalue weighted by molar-refractivity contribution is -0.126. The van der Waals surface area contributed by atoms with Crippen LogP contribution in [0.3, 0.4) is 0 Å².